The summed E-state index contributed by atoms with van der Waals surface area (Å²) < 4.78 is 6.70. The van der Waals surface area contributed by atoms with Crippen molar-refractivity contribution < 1.29 is 23.9 Å². The van der Waals surface area contributed by atoms with Crippen LogP contribution in [0.3, 0.4) is 0 Å². The van der Waals surface area contributed by atoms with Crippen LogP contribution < -0.4 is 10.6 Å². The Labute approximate surface area is 192 Å². The minimum Gasteiger partial charge on any atom is -0.356 e. The minimum atomic E-state index is -0.732. The monoisotopic (exact) mass is 533 g/mol. The summed E-state index contributed by atoms with van der Waals surface area (Å²) in [6, 6.07) is 11.8. The Morgan fingerprint density at radius 3 is 2.68 bits per heavy atom. The molecule has 4 rings (SSSR count). The van der Waals surface area contributed by atoms with Gasteiger partial charge in [0.15, 0.2) is 0 Å². The first-order valence-corrected chi connectivity index (χ1v) is 10.9. The quantitative estimate of drug-likeness (QED) is 0.462. The van der Waals surface area contributed by atoms with Crippen LogP contribution in [0, 0.1) is 3.57 Å². The Morgan fingerprint density at radius 1 is 1.16 bits per heavy atom. The van der Waals surface area contributed by atoms with Gasteiger partial charge in [-0.15, -0.1) is 0 Å². The van der Waals surface area contributed by atoms with E-state index in [1.165, 1.54) is 4.90 Å². The van der Waals surface area contributed by atoms with Crippen molar-refractivity contribution in [1.82, 2.24) is 15.5 Å². The van der Waals surface area contributed by atoms with Gasteiger partial charge < -0.3 is 15.0 Å². The molecule has 2 heterocycles. The molecule has 1 fully saturated rings. The van der Waals surface area contributed by atoms with Crippen molar-refractivity contribution >= 4 is 46.2 Å². The number of carbonyl (C=O) groups excluding carboxylic acids is 4. The SMILES string of the molecule is O=C1CCC(N2COCc3cc(CNC(=O)c4ccc(I)cc4)ccc3C2=O)C(=O)N1. The smallest absolute Gasteiger partial charge is 0.256 e. The fourth-order valence-corrected chi connectivity index (χ4v) is 4.01. The Bertz CT molecular complexity index is 1050. The second kappa shape index (κ2) is 9.15. The van der Waals surface area contributed by atoms with E-state index >= 15 is 0 Å². The molecule has 2 N–H and O–H groups in total. The third kappa shape index (κ3) is 4.77. The van der Waals surface area contributed by atoms with Gasteiger partial charge in [0.25, 0.3) is 11.8 Å². The first-order chi connectivity index (χ1) is 14.9. The van der Waals surface area contributed by atoms with E-state index in [1.807, 2.05) is 18.2 Å². The zero-order valence-corrected chi connectivity index (χ0v) is 18.7. The van der Waals surface area contributed by atoms with Crippen LogP contribution in [0.25, 0.3) is 0 Å². The van der Waals surface area contributed by atoms with E-state index < -0.39 is 11.9 Å². The molecule has 31 heavy (non-hydrogen) atoms. The molecule has 9 heteroatoms. The van der Waals surface area contributed by atoms with E-state index in [0.717, 1.165) is 9.13 Å². The van der Waals surface area contributed by atoms with Crippen LogP contribution in [-0.4, -0.2) is 41.3 Å². The van der Waals surface area contributed by atoms with Gasteiger partial charge in [0, 0.05) is 27.7 Å². The lowest BCUT2D eigenvalue weighted by Gasteiger charge is -2.31. The van der Waals surface area contributed by atoms with E-state index in [1.54, 1.807) is 24.3 Å². The molecule has 1 saturated heterocycles. The van der Waals surface area contributed by atoms with Gasteiger partial charge in [0.05, 0.1) is 6.61 Å². The number of nitrogens with zero attached hydrogens (tertiary/aromatic N) is 1. The number of piperidine rings is 1. The van der Waals surface area contributed by atoms with Crippen LogP contribution in [-0.2, 0) is 27.5 Å². The molecule has 0 aromatic heterocycles. The summed E-state index contributed by atoms with van der Waals surface area (Å²) in [6.45, 7) is 0.492. The Morgan fingerprint density at radius 2 is 1.94 bits per heavy atom. The highest BCUT2D eigenvalue weighted by molar-refractivity contribution is 14.1. The van der Waals surface area contributed by atoms with Gasteiger partial charge in [-0.25, -0.2) is 0 Å². The minimum absolute atomic E-state index is 0.0291. The first-order valence-electron chi connectivity index (χ1n) is 9.80. The molecule has 4 amide bonds. The van der Waals surface area contributed by atoms with Crippen LogP contribution in [0.2, 0.25) is 0 Å². The highest BCUT2D eigenvalue weighted by atomic mass is 127. The Kier molecular flexibility index (Phi) is 6.33. The van der Waals surface area contributed by atoms with Crippen LogP contribution >= 0.6 is 22.6 Å². The summed E-state index contributed by atoms with van der Waals surface area (Å²) in [7, 11) is 0. The van der Waals surface area contributed by atoms with Gasteiger partial charge in [-0.3, -0.25) is 24.5 Å². The fraction of sp³-hybridized carbons (Fsp3) is 0.273. The second-order valence-corrected chi connectivity index (χ2v) is 8.65. The van der Waals surface area contributed by atoms with Crippen molar-refractivity contribution in [3.63, 3.8) is 0 Å². The van der Waals surface area contributed by atoms with E-state index in [9.17, 15) is 19.2 Å². The highest BCUT2D eigenvalue weighted by Crippen LogP contribution is 2.23. The molecular formula is C22H20IN3O5. The lowest BCUT2D eigenvalue weighted by Crippen LogP contribution is -2.54. The molecule has 2 aliphatic rings. The van der Waals surface area contributed by atoms with Crippen LogP contribution in [0.15, 0.2) is 42.5 Å². The zero-order chi connectivity index (χ0) is 22.0. The van der Waals surface area contributed by atoms with Gasteiger partial charge >= 0.3 is 0 Å². The molecule has 0 bridgehead atoms. The number of hydrogen-bond acceptors (Lipinski definition) is 5. The van der Waals surface area contributed by atoms with Gasteiger partial charge in [0.1, 0.15) is 12.8 Å². The molecule has 2 aromatic carbocycles. The predicted molar refractivity (Wildman–Crippen MR) is 119 cm³/mol. The van der Waals surface area contributed by atoms with E-state index in [4.69, 9.17) is 4.74 Å². The standard InChI is InChI=1S/C22H20IN3O5/c23-16-4-2-14(3-5-16)20(28)24-10-13-1-6-17-15(9-13)11-31-12-26(22(17)30)18-7-8-19(27)25-21(18)29/h1-6,9,18H,7-8,10-12H2,(H,24,28)(H,25,27,29). The Hall–Kier alpha value is -2.79. The van der Waals surface area contributed by atoms with Gasteiger partial charge in [-0.05, 0) is 70.5 Å². The third-order valence-electron chi connectivity index (χ3n) is 5.29. The van der Waals surface area contributed by atoms with Gasteiger partial charge in [-0.2, -0.15) is 0 Å². The molecule has 1 unspecified atom stereocenters. The summed E-state index contributed by atoms with van der Waals surface area (Å²) in [5.41, 5.74) is 2.56. The maximum absolute atomic E-state index is 13.1. The number of nitrogens with one attached hydrogen (secondary N) is 2. The molecule has 0 aliphatic carbocycles. The molecule has 0 saturated carbocycles. The largest absolute Gasteiger partial charge is 0.356 e. The van der Waals surface area contributed by atoms with E-state index in [-0.39, 0.29) is 43.9 Å². The van der Waals surface area contributed by atoms with Crippen molar-refractivity contribution in [3.8, 4) is 0 Å². The van der Waals surface area contributed by atoms with Crippen molar-refractivity contribution in [2.24, 2.45) is 0 Å². The summed E-state index contributed by atoms with van der Waals surface area (Å²) >= 11 is 2.18. The van der Waals surface area contributed by atoms with Crippen molar-refractivity contribution in [1.29, 1.82) is 0 Å². The number of carbonyl (C=O) groups is 4. The predicted octanol–water partition coefficient (Wildman–Crippen LogP) is 1.96. The molecular weight excluding hydrogens is 513 g/mol. The fourth-order valence-electron chi connectivity index (χ4n) is 3.65. The summed E-state index contributed by atoms with van der Waals surface area (Å²) in [5.74, 6) is -1.30. The zero-order valence-electron chi connectivity index (χ0n) is 16.5. The lowest BCUT2D eigenvalue weighted by atomic mass is 10.0. The number of amides is 4. The van der Waals surface area contributed by atoms with Gasteiger partial charge in [-0.1, -0.05) is 12.1 Å². The topological polar surface area (TPSA) is 105 Å². The van der Waals surface area contributed by atoms with Crippen LogP contribution in [0.4, 0.5) is 0 Å². The maximum atomic E-state index is 13.1. The number of ether oxygens (including phenoxy) is 1. The molecule has 2 aliphatic heterocycles. The Balaban J connectivity index is 1.46. The molecule has 0 radical (unpaired) electrons. The van der Waals surface area contributed by atoms with E-state index in [0.29, 0.717) is 23.2 Å². The number of benzene rings is 2. The van der Waals surface area contributed by atoms with Crippen molar-refractivity contribution in [2.45, 2.75) is 32.0 Å². The summed E-state index contributed by atoms with van der Waals surface area (Å²) in [6.07, 6.45) is 0.462. The lowest BCUT2D eigenvalue weighted by molar-refractivity contribution is -0.138. The average molecular weight is 533 g/mol. The summed E-state index contributed by atoms with van der Waals surface area (Å²) in [4.78, 5) is 50.4. The van der Waals surface area contributed by atoms with Crippen LogP contribution in [0.5, 0.6) is 0 Å². The van der Waals surface area contributed by atoms with Crippen molar-refractivity contribution in [2.75, 3.05) is 6.73 Å². The number of rotatable bonds is 4. The number of imide groups is 1. The molecule has 1 atom stereocenters. The normalized spacial score (nSPS) is 18.8. The second-order valence-electron chi connectivity index (χ2n) is 7.40. The third-order valence-corrected chi connectivity index (χ3v) is 6.01. The molecule has 160 valence electrons. The molecule has 8 nitrogen and oxygen atoms in total. The maximum Gasteiger partial charge on any atom is 0.256 e. The first kappa shape index (κ1) is 21.4. The number of halogens is 1. The molecule has 0 spiro atoms. The molecule has 2 aromatic rings. The number of hydrogen-bond donors (Lipinski definition) is 2. The van der Waals surface area contributed by atoms with Crippen LogP contribution in [0.1, 0.15) is 44.7 Å². The van der Waals surface area contributed by atoms with Gasteiger partial charge in [0.2, 0.25) is 11.8 Å². The van der Waals surface area contributed by atoms with Crippen molar-refractivity contribution in [3.05, 3.63) is 68.3 Å². The average Bonchev–Trinajstić information content (AvgIpc) is 2.91. The summed E-state index contributed by atoms with van der Waals surface area (Å²) in [5, 5.41) is 5.15. The highest BCUT2D eigenvalue weighted by Gasteiger charge is 2.36. The number of fused-ring (bicyclic) bond motifs is 1. The van der Waals surface area contributed by atoms with E-state index in [2.05, 4.69) is 33.2 Å².